The van der Waals surface area contributed by atoms with Gasteiger partial charge in [-0.2, -0.15) is 5.10 Å². The number of anilines is 1. The predicted octanol–water partition coefficient (Wildman–Crippen LogP) is 4.30. The van der Waals surface area contributed by atoms with Gasteiger partial charge in [-0.15, -0.1) is 0 Å². The molecule has 1 atom stereocenters. The third-order valence-corrected chi connectivity index (χ3v) is 5.89. The van der Waals surface area contributed by atoms with Crippen molar-refractivity contribution in [2.24, 2.45) is 11.0 Å². The van der Waals surface area contributed by atoms with Gasteiger partial charge in [0.25, 0.3) is 5.91 Å². The molecule has 2 aromatic carbocycles. The van der Waals surface area contributed by atoms with Crippen molar-refractivity contribution < 1.29 is 19.1 Å². The van der Waals surface area contributed by atoms with E-state index >= 15 is 0 Å². The Morgan fingerprint density at radius 1 is 1.08 bits per heavy atom. The van der Waals surface area contributed by atoms with E-state index in [1.54, 1.807) is 25.3 Å². The van der Waals surface area contributed by atoms with Crippen LogP contribution in [0.5, 0.6) is 11.5 Å². The van der Waals surface area contributed by atoms with E-state index in [9.17, 15) is 9.59 Å². The average Bonchev–Trinajstić information content (AvgIpc) is 2.91. The van der Waals surface area contributed by atoms with Gasteiger partial charge < -0.3 is 14.8 Å². The molecule has 2 amide bonds. The molecule has 0 bridgehead atoms. The highest BCUT2D eigenvalue weighted by Gasteiger charge is 2.29. The zero-order valence-electron chi connectivity index (χ0n) is 20.6. The molecule has 186 valence electrons. The molecule has 1 aliphatic rings. The molecule has 1 N–H and O–H groups in total. The van der Waals surface area contributed by atoms with Crippen LogP contribution in [-0.2, 0) is 11.3 Å². The van der Waals surface area contributed by atoms with Gasteiger partial charge in [0.05, 0.1) is 26.0 Å². The molecule has 0 radical (unpaired) electrons. The Kier molecular flexibility index (Phi) is 7.89. The number of hydrogen-bond donors (Lipinski definition) is 1. The number of nitrogens with zero attached hydrogens (tertiary/aromatic N) is 4. The molecule has 1 aromatic heterocycles. The topological polar surface area (TPSA) is 106 Å². The number of benzene rings is 2. The van der Waals surface area contributed by atoms with Gasteiger partial charge in [0, 0.05) is 36.0 Å². The first kappa shape index (κ1) is 24.8. The molecule has 0 aliphatic carbocycles. The number of ether oxygens (including phenoxy) is 2. The van der Waals surface area contributed by atoms with Crippen LogP contribution in [-0.4, -0.2) is 46.2 Å². The molecular formula is C27H29N5O4. The van der Waals surface area contributed by atoms with E-state index < -0.39 is 0 Å². The Morgan fingerprint density at radius 3 is 2.50 bits per heavy atom. The zero-order valence-corrected chi connectivity index (χ0v) is 20.6. The first-order valence-corrected chi connectivity index (χ1v) is 11.9. The van der Waals surface area contributed by atoms with Crippen molar-refractivity contribution in [3.8, 4) is 11.5 Å². The first-order chi connectivity index (χ1) is 17.5. The second-order valence-electron chi connectivity index (χ2n) is 8.27. The lowest BCUT2D eigenvalue weighted by Gasteiger charge is -2.29. The number of carbonyl (C=O) groups is 2. The highest BCUT2D eigenvalue weighted by atomic mass is 16.5. The summed E-state index contributed by atoms with van der Waals surface area (Å²) in [6, 6.07) is 14.7. The van der Waals surface area contributed by atoms with Crippen molar-refractivity contribution in [3.63, 3.8) is 0 Å². The summed E-state index contributed by atoms with van der Waals surface area (Å²) in [5.74, 6) is 1.01. The lowest BCUT2D eigenvalue weighted by atomic mass is 9.89. The number of aromatic nitrogens is 2. The van der Waals surface area contributed by atoms with Crippen molar-refractivity contribution in [3.05, 3.63) is 77.9 Å². The van der Waals surface area contributed by atoms with E-state index in [-0.39, 0.29) is 23.6 Å². The lowest BCUT2D eigenvalue weighted by Crippen LogP contribution is -2.36. The number of rotatable bonds is 9. The van der Waals surface area contributed by atoms with Crippen LogP contribution in [0.4, 0.5) is 5.69 Å². The quantitative estimate of drug-likeness (QED) is 0.482. The SMILES string of the molecule is CCOc1ccc(C2=NN(Cc3ccc(NC(=O)c4ncccn4)cc3)C(=O)CC2CC)cc1OC. The number of hydrazone groups is 1. The molecular weight excluding hydrogens is 458 g/mol. The summed E-state index contributed by atoms with van der Waals surface area (Å²) in [4.78, 5) is 33.1. The number of amides is 2. The molecule has 2 heterocycles. The Bertz CT molecular complexity index is 1240. The summed E-state index contributed by atoms with van der Waals surface area (Å²) in [5, 5.41) is 9.04. The van der Waals surface area contributed by atoms with Gasteiger partial charge in [-0.1, -0.05) is 19.1 Å². The van der Waals surface area contributed by atoms with Crippen molar-refractivity contribution >= 4 is 23.2 Å². The van der Waals surface area contributed by atoms with Crippen LogP contribution in [0.15, 0.2) is 66.0 Å². The minimum atomic E-state index is -0.389. The lowest BCUT2D eigenvalue weighted by molar-refractivity contribution is -0.133. The van der Waals surface area contributed by atoms with Crippen molar-refractivity contribution in [1.82, 2.24) is 15.0 Å². The summed E-state index contributed by atoms with van der Waals surface area (Å²) >= 11 is 0. The molecule has 9 nitrogen and oxygen atoms in total. The van der Waals surface area contributed by atoms with Crippen molar-refractivity contribution in [2.75, 3.05) is 19.0 Å². The minimum Gasteiger partial charge on any atom is -0.493 e. The molecule has 36 heavy (non-hydrogen) atoms. The molecule has 1 unspecified atom stereocenters. The van der Waals surface area contributed by atoms with E-state index in [0.29, 0.717) is 36.8 Å². The fourth-order valence-electron chi connectivity index (χ4n) is 4.01. The number of carbonyl (C=O) groups excluding carboxylic acids is 2. The van der Waals surface area contributed by atoms with Gasteiger partial charge in [-0.25, -0.2) is 15.0 Å². The summed E-state index contributed by atoms with van der Waals surface area (Å²) in [6.45, 7) is 4.84. The van der Waals surface area contributed by atoms with E-state index in [2.05, 4.69) is 22.2 Å². The van der Waals surface area contributed by atoms with E-state index in [1.807, 2.05) is 37.3 Å². The second kappa shape index (κ2) is 11.4. The molecule has 0 spiro atoms. The maximum atomic E-state index is 12.9. The van der Waals surface area contributed by atoms with Crippen LogP contribution in [0.25, 0.3) is 0 Å². The fourth-order valence-corrected chi connectivity index (χ4v) is 4.01. The highest BCUT2D eigenvalue weighted by Crippen LogP contribution is 2.32. The summed E-state index contributed by atoms with van der Waals surface area (Å²) in [5.41, 5.74) is 3.25. The number of nitrogens with one attached hydrogen (secondary N) is 1. The molecule has 4 rings (SSSR count). The normalized spacial score (nSPS) is 15.3. The van der Waals surface area contributed by atoms with Gasteiger partial charge >= 0.3 is 0 Å². The predicted molar refractivity (Wildman–Crippen MR) is 136 cm³/mol. The second-order valence-corrected chi connectivity index (χ2v) is 8.27. The molecule has 1 aliphatic heterocycles. The maximum Gasteiger partial charge on any atom is 0.293 e. The van der Waals surface area contributed by atoms with Gasteiger partial charge in [0.15, 0.2) is 11.5 Å². The Morgan fingerprint density at radius 2 is 1.83 bits per heavy atom. The Hall–Kier alpha value is -4.27. The average molecular weight is 488 g/mol. The highest BCUT2D eigenvalue weighted by molar-refractivity contribution is 6.06. The van der Waals surface area contributed by atoms with E-state index in [0.717, 1.165) is 23.3 Å². The van der Waals surface area contributed by atoms with Gasteiger partial charge in [-0.05, 0) is 55.3 Å². The summed E-state index contributed by atoms with van der Waals surface area (Å²) in [7, 11) is 1.61. The van der Waals surface area contributed by atoms with Gasteiger partial charge in [-0.3, -0.25) is 9.59 Å². The van der Waals surface area contributed by atoms with Crippen molar-refractivity contribution in [1.29, 1.82) is 0 Å². The number of methoxy groups -OCH3 is 1. The van der Waals surface area contributed by atoms with Crippen LogP contribution in [0.3, 0.4) is 0 Å². The fraction of sp³-hybridized carbons (Fsp3) is 0.296. The first-order valence-electron chi connectivity index (χ1n) is 11.9. The third-order valence-electron chi connectivity index (χ3n) is 5.89. The smallest absolute Gasteiger partial charge is 0.293 e. The Balaban J connectivity index is 1.52. The zero-order chi connectivity index (χ0) is 25.5. The van der Waals surface area contributed by atoms with Crippen LogP contribution in [0.1, 0.15) is 48.4 Å². The molecule has 0 fully saturated rings. The molecule has 9 heteroatoms. The third kappa shape index (κ3) is 5.68. The van der Waals surface area contributed by atoms with Crippen LogP contribution >= 0.6 is 0 Å². The summed E-state index contributed by atoms with van der Waals surface area (Å²) in [6.07, 6.45) is 4.22. The minimum absolute atomic E-state index is 0.0224. The van der Waals surface area contributed by atoms with Crippen LogP contribution in [0, 0.1) is 5.92 Å². The largest absolute Gasteiger partial charge is 0.493 e. The van der Waals surface area contributed by atoms with Gasteiger partial charge in [0.2, 0.25) is 11.7 Å². The molecule has 3 aromatic rings. The molecule has 0 saturated carbocycles. The van der Waals surface area contributed by atoms with E-state index in [4.69, 9.17) is 14.6 Å². The standard InChI is InChI=1S/C27H29N5O4/c1-4-19-16-24(33)32(31-25(19)20-9-12-22(36-5-2)23(15-20)35-3)17-18-7-10-21(11-8-18)30-27(34)26-28-13-6-14-29-26/h6-15,19H,4-5,16-17H2,1-3H3,(H,30,34). The van der Waals surface area contributed by atoms with Crippen LogP contribution < -0.4 is 14.8 Å². The number of hydrogen-bond acceptors (Lipinski definition) is 7. The molecule has 0 saturated heterocycles. The van der Waals surface area contributed by atoms with E-state index in [1.165, 1.54) is 17.4 Å². The van der Waals surface area contributed by atoms with Gasteiger partial charge in [0.1, 0.15) is 0 Å². The monoisotopic (exact) mass is 487 g/mol. The Labute approximate surface area is 210 Å². The van der Waals surface area contributed by atoms with Crippen LogP contribution in [0.2, 0.25) is 0 Å². The summed E-state index contributed by atoms with van der Waals surface area (Å²) < 4.78 is 11.1. The van der Waals surface area contributed by atoms with Crippen molar-refractivity contribution in [2.45, 2.75) is 33.2 Å². The maximum absolute atomic E-state index is 12.9.